The average Bonchev–Trinajstić information content (AvgIpc) is 2.09. The van der Waals surface area contributed by atoms with E-state index in [1.807, 2.05) is 6.08 Å². The average molecular weight is 190 g/mol. The summed E-state index contributed by atoms with van der Waals surface area (Å²) < 4.78 is 0. The van der Waals surface area contributed by atoms with Gasteiger partial charge in [0.2, 0.25) is 0 Å². The molecule has 1 heteroatoms. The van der Waals surface area contributed by atoms with Gasteiger partial charge in [-0.25, -0.2) is 0 Å². The first-order valence-corrected chi connectivity index (χ1v) is 5.00. The quantitative estimate of drug-likeness (QED) is 0.776. The second-order valence-corrected chi connectivity index (χ2v) is 3.73. The van der Waals surface area contributed by atoms with Crippen LogP contribution in [0.25, 0.3) is 6.08 Å². The number of benzene rings is 1. The van der Waals surface area contributed by atoms with E-state index in [4.69, 9.17) is 5.11 Å². The van der Waals surface area contributed by atoms with Crippen LogP contribution in [0, 0.1) is 20.8 Å². The summed E-state index contributed by atoms with van der Waals surface area (Å²) in [4.78, 5) is 0. The van der Waals surface area contributed by atoms with Gasteiger partial charge in [-0.2, -0.15) is 0 Å². The summed E-state index contributed by atoms with van der Waals surface area (Å²) in [6.07, 6.45) is 4.84. The minimum Gasteiger partial charge on any atom is -0.396 e. The van der Waals surface area contributed by atoms with Gasteiger partial charge in [0.05, 0.1) is 0 Å². The summed E-state index contributed by atoms with van der Waals surface area (Å²) in [7, 11) is 0. The molecule has 0 saturated heterocycles. The maximum Gasteiger partial charge on any atom is 0.0465 e. The van der Waals surface area contributed by atoms with Crippen molar-refractivity contribution in [3.63, 3.8) is 0 Å². The fourth-order valence-corrected chi connectivity index (χ4v) is 1.73. The lowest BCUT2D eigenvalue weighted by molar-refractivity contribution is 0.303. The molecule has 0 aliphatic heterocycles. The molecular formula is C13H18O. The Labute approximate surface area is 86.1 Å². The molecule has 1 nitrogen and oxygen atoms in total. The van der Waals surface area contributed by atoms with Crippen molar-refractivity contribution in [2.24, 2.45) is 0 Å². The van der Waals surface area contributed by atoms with Crippen LogP contribution in [0.4, 0.5) is 0 Å². The lowest BCUT2D eigenvalue weighted by atomic mass is 9.99. The van der Waals surface area contributed by atoms with E-state index in [-0.39, 0.29) is 6.61 Å². The Morgan fingerprint density at radius 3 is 2.21 bits per heavy atom. The molecule has 0 aliphatic carbocycles. The minimum absolute atomic E-state index is 0.223. The highest BCUT2D eigenvalue weighted by molar-refractivity contribution is 5.58. The van der Waals surface area contributed by atoms with Crippen molar-refractivity contribution >= 4 is 6.08 Å². The Morgan fingerprint density at radius 2 is 1.71 bits per heavy atom. The van der Waals surface area contributed by atoms with Gasteiger partial charge in [-0.3, -0.25) is 0 Å². The van der Waals surface area contributed by atoms with Crippen molar-refractivity contribution in [2.75, 3.05) is 6.61 Å². The number of hydrogen-bond donors (Lipinski definition) is 1. The Hall–Kier alpha value is -1.08. The van der Waals surface area contributed by atoms with Crippen LogP contribution in [0.2, 0.25) is 0 Å². The number of aliphatic hydroxyl groups is 1. The first kappa shape index (κ1) is 11.0. The van der Waals surface area contributed by atoms with Crippen molar-refractivity contribution < 1.29 is 5.11 Å². The molecule has 1 aromatic rings. The molecule has 1 rings (SSSR count). The third-order valence-corrected chi connectivity index (χ3v) is 2.32. The molecule has 0 heterocycles. The molecule has 0 amide bonds. The topological polar surface area (TPSA) is 20.2 Å². The highest BCUT2D eigenvalue weighted by atomic mass is 16.2. The predicted octanol–water partition coefficient (Wildman–Crippen LogP) is 3.01. The van der Waals surface area contributed by atoms with Gasteiger partial charge in [-0.05, 0) is 43.9 Å². The molecule has 0 spiro atoms. The zero-order chi connectivity index (χ0) is 10.6. The summed E-state index contributed by atoms with van der Waals surface area (Å²) in [5.41, 5.74) is 5.19. The SMILES string of the molecule is Cc1cc(C)c(C=CCCO)c(C)c1. The van der Waals surface area contributed by atoms with Gasteiger partial charge in [-0.1, -0.05) is 29.8 Å². The minimum atomic E-state index is 0.223. The highest BCUT2D eigenvalue weighted by Crippen LogP contribution is 2.17. The maximum atomic E-state index is 8.68. The van der Waals surface area contributed by atoms with Gasteiger partial charge in [0, 0.05) is 6.61 Å². The van der Waals surface area contributed by atoms with Crippen LogP contribution >= 0.6 is 0 Å². The molecule has 0 atom stereocenters. The van der Waals surface area contributed by atoms with Crippen molar-refractivity contribution in [3.8, 4) is 0 Å². The Morgan fingerprint density at radius 1 is 1.14 bits per heavy atom. The second-order valence-electron chi connectivity index (χ2n) is 3.73. The largest absolute Gasteiger partial charge is 0.396 e. The number of rotatable bonds is 3. The molecule has 0 unspecified atom stereocenters. The molecule has 0 bridgehead atoms. The van der Waals surface area contributed by atoms with Gasteiger partial charge in [0.1, 0.15) is 0 Å². The fourth-order valence-electron chi connectivity index (χ4n) is 1.73. The molecule has 1 N–H and O–H groups in total. The third-order valence-electron chi connectivity index (χ3n) is 2.32. The fraction of sp³-hybridized carbons (Fsp3) is 0.385. The summed E-state index contributed by atoms with van der Waals surface area (Å²) in [6.45, 7) is 6.58. The van der Waals surface area contributed by atoms with Gasteiger partial charge in [0.15, 0.2) is 0 Å². The van der Waals surface area contributed by atoms with Gasteiger partial charge >= 0.3 is 0 Å². The van der Waals surface area contributed by atoms with Crippen LogP contribution in [0.5, 0.6) is 0 Å². The lowest BCUT2D eigenvalue weighted by Gasteiger charge is -2.06. The van der Waals surface area contributed by atoms with E-state index in [0.29, 0.717) is 0 Å². The highest BCUT2D eigenvalue weighted by Gasteiger charge is 1.99. The van der Waals surface area contributed by atoms with E-state index in [9.17, 15) is 0 Å². The van der Waals surface area contributed by atoms with E-state index in [1.165, 1.54) is 22.3 Å². The molecule has 0 aliphatic rings. The van der Waals surface area contributed by atoms with Crippen molar-refractivity contribution in [1.29, 1.82) is 0 Å². The van der Waals surface area contributed by atoms with Crippen LogP contribution in [0.15, 0.2) is 18.2 Å². The third kappa shape index (κ3) is 2.71. The van der Waals surface area contributed by atoms with Crippen molar-refractivity contribution in [1.82, 2.24) is 0 Å². The number of aliphatic hydroxyl groups excluding tert-OH is 1. The summed E-state index contributed by atoms with van der Waals surface area (Å²) >= 11 is 0. The zero-order valence-corrected chi connectivity index (χ0v) is 9.17. The van der Waals surface area contributed by atoms with Crippen LogP contribution in [0.1, 0.15) is 28.7 Å². The van der Waals surface area contributed by atoms with Crippen LogP contribution in [-0.4, -0.2) is 11.7 Å². The first-order valence-electron chi connectivity index (χ1n) is 5.00. The molecule has 0 radical (unpaired) electrons. The summed E-state index contributed by atoms with van der Waals surface area (Å²) in [5.74, 6) is 0. The molecule has 76 valence electrons. The van der Waals surface area contributed by atoms with Crippen LogP contribution in [0.3, 0.4) is 0 Å². The molecule has 14 heavy (non-hydrogen) atoms. The standard InChI is InChI=1S/C13H18O/c1-10-8-11(2)13(12(3)9-10)6-4-5-7-14/h4,6,8-9,14H,5,7H2,1-3H3. The Balaban J connectivity index is 2.96. The Bertz CT molecular complexity index is 314. The maximum absolute atomic E-state index is 8.68. The molecular weight excluding hydrogens is 172 g/mol. The monoisotopic (exact) mass is 190 g/mol. The van der Waals surface area contributed by atoms with Gasteiger partial charge in [-0.15, -0.1) is 0 Å². The molecule has 0 aromatic heterocycles. The summed E-state index contributed by atoms with van der Waals surface area (Å²) in [6, 6.07) is 4.37. The van der Waals surface area contributed by atoms with E-state index in [0.717, 1.165) is 6.42 Å². The van der Waals surface area contributed by atoms with Crippen LogP contribution < -0.4 is 0 Å². The molecule has 1 aromatic carbocycles. The lowest BCUT2D eigenvalue weighted by Crippen LogP contribution is -1.88. The number of aryl methyl sites for hydroxylation is 3. The van der Waals surface area contributed by atoms with Crippen molar-refractivity contribution in [2.45, 2.75) is 27.2 Å². The normalized spacial score (nSPS) is 11.1. The number of hydrogen-bond acceptors (Lipinski definition) is 1. The zero-order valence-electron chi connectivity index (χ0n) is 9.17. The smallest absolute Gasteiger partial charge is 0.0465 e. The summed E-state index contributed by atoms with van der Waals surface area (Å²) in [5, 5.41) is 8.68. The Kier molecular flexibility index (Phi) is 3.90. The van der Waals surface area contributed by atoms with Gasteiger partial charge < -0.3 is 5.11 Å². The second kappa shape index (κ2) is 4.97. The van der Waals surface area contributed by atoms with E-state index < -0.39 is 0 Å². The van der Waals surface area contributed by atoms with E-state index >= 15 is 0 Å². The molecule has 0 saturated carbocycles. The molecule has 0 fully saturated rings. The van der Waals surface area contributed by atoms with Crippen LogP contribution in [-0.2, 0) is 0 Å². The van der Waals surface area contributed by atoms with Gasteiger partial charge in [0.25, 0.3) is 0 Å². The van der Waals surface area contributed by atoms with E-state index in [1.54, 1.807) is 0 Å². The van der Waals surface area contributed by atoms with Crippen molar-refractivity contribution in [3.05, 3.63) is 40.5 Å². The predicted molar refractivity (Wildman–Crippen MR) is 61.4 cm³/mol. The van der Waals surface area contributed by atoms with E-state index in [2.05, 4.69) is 39.0 Å². The first-order chi connectivity index (χ1) is 6.65.